The lowest BCUT2D eigenvalue weighted by Crippen LogP contribution is -2.60. The van der Waals surface area contributed by atoms with E-state index in [4.69, 9.17) is 28.4 Å². The highest BCUT2D eigenvalue weighted by Gasteiger charge is 2.53. The minimum atomic E-state index is -2.01. The molecule has 1 amide bonds. The summed E-state index contributed by atoms with van der Waals surface area (Å²) in [6.45, 7) is 17.4. The van der Waals surface area contributed by atoms with Crippen LogP contribution in [0.1, 0.15) is 133 Å². The minimum Gasteiger partial charge on any atom is -0.459 e. The number of ether oxygens (including phenoxy) is 6. The topological polar surface area (TPSA) is 197 Å². The number of likely N-dealkylation sites (N-methyl/N-ethyl adjacent to an activating group) is 1. The van der Waals surface area contributed by atoms with E-state index in [2.05, 4.69) is 84.9 Å². The zero-order valence-corrected chi connectivity index (χ0v) is 49.8. The van der Waals surface area contributed by atoms with Crippen molar-refractivity contribution in [1.29, 1.82) is 0 Å². The molecule has 0 aromatic heterocycles. The second kappa shape index (κ2) is 28.0. The van der Waals surface area contributed by atoms with E-state index >= 15 is 0 Å². The Balaban J connectivity index is 1.22. The fourth-order valence-electron chi connectivity index (χ4n) is 12.4. The molecule has 3 aromatic rings. The number of aliphatic hydroxyl groups excluding tert-OH is 3. The highest BCUT2D eigenvalue weighted by Crippen LogP contribution is 2.41. The van der Waals surface area contributed by atoms with Gasteiger partial charge < -0.3 is 63.8 Å². The van der Waals surface area contributed by atoms with Crippen LogP contribution in [0.4, 0.5) is 0 Å². The summed E-state index contributed by atoms with van der Waals surface area (Å²) in [5.41, 5.74) is -3.54. The molecule has 0 spiro atoms. The molecule has 436 valence electrons. The molecule has 5 N–H and O–H groups in total. The maximum atomic E-state index is 14.7. The number of hydrogen-bond donors (Lipinski definition) is 5. The summed E-state index contributed by atoms with van der Waals surface area (Å²) in [6, 6.07) is 29.1. The van der Waals surface area contributed by atoms with E-state index in [0.717, 1.165) is 25.7 Å². The number of rotatable bonds is 17. The summed E-state index contributed by atoms with van der Waals surface area (Å²) in [4.78, 5) is 32.8. The van der Waals surface area contributed by atoms with Crippen molar-refractivity contribution in [2.45, 2.75) is 224 Å². The Morgan fingerprint density at radius 3 is 1.95 bits per heavy atom. The van der Waals surface area contributed by atoms with Crippen molar-refractivity contribution < 1.29 is 63.5 Å². The van der Waals surface area contributed by atoms with Gasteiger partial charge in [0.2, 0.25) is 5.91 Å². The summed E-state index contributed by atoms with van der Waals surface area (Å²) in [6.07, 6.45) is -5.13. The van der Waals surface area contributed by atoms with E-state index in [1.807, 2.05) is 32.8 Å². The predicted octanol–water partition coefficient (Wildman–Crippen LogP) is 6.75. The first-order valence-electron chi connectivity index (χ1n) is 28.6. The maximum absolute atomic E-state index is 14.7. The molecule has 0 bridgehead atoms. The third kappa shape index (κ3) is 15.6. The fourth-order valence-corrected chi connectivity index (χ4v) is 14.6. The molecule has 0 unspecified atom stereocenters. The highest BCUT2D eigenvalue weighted by atomic mass is 31.1. The van der Waals surface area contributed by atoms with Gasteiger partial charge in [0.15, 0.2) is 12.6 Å². The summed E-state index contributed by atoms with van der Waals surface area (Å²) >= 11 is 0. The predicted molar refractivity (Wildman–Crippen MR) is 305 cm³/mol. The van der Waals surface area contributed by atoms with E-state index in [-0.39, 0.29) is 50.3 Å². The van der Waals surface area contributed by atoms with Crippen LogP contribution in [0, 0.1) is 17.8 Å². The Kier molecular flexibility index (Phi) is 22.9. The quantitative estimate of drug-likeness (QED) is 0.0541. The average molecular weight is 1110 g/mol. The second-order valence-electron chi connectivity index (χ2n) is 23.9. The average Bonchev–Trinajstić information content (AvgIpc) is 3.44. The number of unbranched alkanes of at least 4 members (excludes halogenated alkanes) is 3. The Morgan fingerprint density at radius 1 is 0.782 bits per heavy atom. The smallest absolute Gasteiger partial charge is 0.311 e. The monoisotopic (exact) mass is 1110 g/mol. The Bertz CT molecular complexity index is 2270. The van der Waals surface area contributed by atoms with Gasteiger partial charge in [0, 0.05) is 38.5 Å². The van der Waals surface area contributed by atoms with Gasteiger partial charge in [-0.25, -0.2) is 0 Å². The number of methoxy groups -OCH3 is 1. The van der Waals surface area contributed by atoms with Gasteiger partial charge >= 0.3 is 5.97 Å². The van der Waals surface area contributed by atoms with Crippen LogP contribution >= 0.6 is 7.92 Å². The van der Waals surface area contributed by atoms with E-state index < -0.39 is 110 Å². The largest absolute Gasteiger partial charge is 0.459 e. The van der Waals surface area contributed by atoms with Crippen LogP contribution in [0.25, 0.3) is 0 Å². The molecule has 0 radical (unpaired) electrons. The lowest BCUT2D eigenvalue weighted by Gasteiger charge is -2.48. The van der Waals surface area contributed by atoms with Crippen LogP contribution < -0.4 is 15.9 Å². The number of nitrogens with zero attached hydrogens (tertiary/aromatic N) is 2. The number of cyclic esters (lactones) is 1. The van der Waals surface area contributed by atoms with Crippen LogP contribution in [0.2, 0.25) is 0 Å². The molecule has 3 aliphatic heterocycles. The van der Waals surface area contributed by atoms with Crippen LogP contribution in [0.15, 0.2) is 84.9 Å². The number of aliphatic hydroxyl groups is 5. The molecule has 18 atom stereocenters. The van der Waals surface area contributed by atoms with Crippen LogP contribution in [0.3, 0.4) is 0 Å². The van der Waals surface area contributed by atoms with Crippen LogP contribution in [0.5, 0.6) is 0 Å². The third-order valence-corrected chi connectivity index (χ3v) is 19.5. The van der Waals surface area contributed by atoms with Gasteiger partial charge in [0.1, 0.15) is 30.0 Å². The summed E-state index contributed by atoms with van der Waals surface area (Å²) in [5.74, 6) is -3.31. The molecule has 3 saturated heterocycles. The molecule has 3 heterocycles. The SMILES string of the molecule is CC[C@H]1OC(=O)[C@H](C)[C@@H](O[C@H]2C[C@@](C)(OC)[C@@H](O)[C@H](C)O2)[C@H](C)[C@@H](O[C@@H]2O[C@H](C)C[C@H](N(C)C)[C@H]2O)[C@](C)(O)C[C@@H](C)CN(C(=O)CCCCCCc2ccc(P(c3ccccc3)c3ccccc3)cc2)[C@H](C)[C@@H](O)[C@]1(C)O. The number of hydrogen-bond acceptors (Lipinski definition) is 14. The first-order chi connectivity index (χ1) is 36.8. The van der Waals surface area contributed by atoms with Gasteiger partial charge in [0.25, 0.3) is 0 Å². The molecule has 78 heavy (non-hydrogen) atoms. The molecular formula is C62H95N2O13P. The van der Waals surface area contributed by atoms with Crippen molar-refractivity contribution in [3.8, 4) is 0 Å². The molecule has 16 heteroatoms. The van der Waals surface area contributed by atoms with Gasteiger partial charge in [-0.15, -0.1) is 0 Å². The normalized spacial score (nSPS) is 36.7. The third-order valence-electron chi connectivity index (χ3n) is 17.1. The van der Waals surface area contributed by atoms with Crippen molar-refractivity contribution >= 4 is 35.7 Å². The highest BCUT2D eigenvalue weighted by molar-refractivity contribution is 7.79. The first-order valence-corrected chi connectivity index (χ1v) is 30.0. The zero-order valence-electron chi connectivity index (χ0n) is 48.9. The van der Waals surface area contributed by atoms with Gasteiger partial charge in [0.05, 0.1) is 47.6 Å². The zero-order chi connectivity index (χ0) is 57.3. The molecule has 3 aromatic carbocycles. The van der Waals surface area contributed by atoms with E-state index in [1.165, 1.54) is 35.5 Å². The number of aryl methyl sites for hydroxylation is 1. The number of carbonyl (C=O) groups excluding carboxylic acids is 2. The number of benzene rings is 3. The van der Waals surface area contributed by atoms with Crippen LogP contribution in [-0.4, -0.2) is 165 Å². The molecule has 15 nitrogen and oxygen atoms in total. The van der Waals surface area contributed by atoms with Crippen LogP contribution in [-0.2, 0) is 44.4 Å². The van der Waals surface area contributed by atoms with Gasteiger partial charge in [-0.05, 0) is 136 Å². The van der Waals surface area contributed by atoms with Crippen molar-refractivity contribution in [3.05, 3.63) is 90.5 Å². The number of esters is 1. The molecular weight excluding hydrogens is 1010 g/mol. The summed E-state index contributed by atoms with van der Waals surface area (Å²) in [5, 5.41) is 64.3. The summed E-state index contributed by atoms with van der Waals surface area (Å²) in [7, 11) is 4.57. The minimum absolute atomic E-state index is 0.0652. The van der Waals surface area contributed by atoms with Crippen molar-refractivity contribution in [1.82, 2.24) is 9.80 Å². The van der Waals surface area contributed by atoms with Gasteiger partial charge in [-0.1, -0.05) is 119 Å². The van der Waals surface area contributed by atoms with E-state index in [0.29, 0.717) is 12.8 Å². The van der Waals surface area contributed by atoms with Crippen molar-refractivity contribution in [3.63, 3.8) is 0 Å². The second-order valence-corrected chi connectivity index (χ2v) is 26.1. The molecule has 3 aliphatic rings. The molecule has 3 fully saturated rings. The standard InChI is InChI=1S/C62H95N2O13P/c1-14-50-62(10,71)55(67)43(6)64(51(65)30-24-16-15-19-25-45-31-33-48(34-32-45)78(46-26-20-17-21-27-46)47-28-22-18-23-29-47)38-39(2)36-60(8,70)57(77-59-53(66)49(63(11)12)35-40(3)73-59)41(4)54(42(5)58(69)75-50)76-52-37-61(9,72-13)56(68)44(7)74-52/h17-18,20-23,26-29,31-34,39-44,49-50,52-57,59,66-68,70-71H,14-16,19,24-25,30,35-38H2,1-13H3/t39-,40-,41+,42-,43-,44+,49+,50-,52+,53-,54+,55-,56+,57-,59+,60-,61-,62-/m1/s1. The Morgan fingerprint density at radius 2 is 1.37 bits per heavy atom. The molecule has 0 aliphatic carbocycles. The van der Waals surface area contributed by atoms with Crippen molar-refractivity contribution in [2.75, 3.05) is 27.7 Å². The van der Waals surface area contributed by atoms with Crippen molar-refractivity contribution in [2.24, 2.45) is 17.8 Å². The number of amides is 1. The fraction of sp³-hybridized carbons (Fsp3) is 0.677. The molecule has 0 saturated carbocycles. The number of carbonyl (C=O) groups is 2. The lowest BCUT2D eigenvalue weighted by atomic mass is 9.77. The van der Waals surface area contributed by atoms with E-state index in [1.54, 1.807) is 53.4 Å². The van der Waals surface area contributed by atoms with E-state index in [9.17, 15) is 35.1 Å². The lowest BCUT2D eigenvalue weighted by molar-refractivity contribution is -0.318. The van der Waals surface area contributed by atoms with Gasteiger partial charge in [-0.3, -0.25) is 9.59 Å². The maximum Gasteiger partial charge on any atom is 0.311 e. The first kappa shape index (κ1) is 63.8. The van der Waals surface area contributed by atoms with Gasteiger partial charge in [-0.2, -0.15) is 0 Å². The Hall–Kier alpha value is -3.41. The Labute approximate surface area is 467 Å². The molecule has 6 rings (SSSR count). The summed E-state index contributed by atoms with van der Waals surface area (Å²) < 4.78 is 38.2.